The first-order valence-corrected chi connectivity index (χ1v) is 6.94. The van der Waals surface area contributed by atoms with Gasteiger partial charge < -0.3 is 15.2 Å². The van der Waals surface area contributed by atoms with Gasteiger partial charge in [-0.3, -0.25) is 9.59 Å². The van der Waals surface area contributed by atoms with Gasteiger partial charge in [-0.25, -0.2) is 4.98 Å². The van der Waals surface area contributed by atoms with E-state index in [0.717, 1.165) is 0 Å². The minimum atomic E-state index is -1.62. The van der Waals surface area contributed by atoms with Crippen LogP contribution in [0, 0.1) is 0 Å². The first-order valence-electron chi connectivity index (χ1n) is 6.14. The van der Waals surface area contributed by atoms with Gasteiger partial charge in [-0.05, 0) is 48.8 Å². The summed E-state index contributed by atoms with van der Waals surface area (Å²) in [4.78, 5) is 28.5. The molecule has 1 rings (SSSR count). The van der Waals surface area contributed by atoms with Crippen molar-refractivity contribution in [2.75, 3.05) is 18.9 Å². The number of nitrogens with two attached hydrogens (primary N) is 1. The fraction of sp³-hybridized carbons (Fsp3) is 0.462. The predicted octanol–water partition coefficient (Wildman–Crippen LogP) is 1.81. The van der Waals surface area contributed by atoms with Crippen molar-refractivity contribution in [3.8, 4) is 0 Å². The molecule has 0 radical (unpaired) electrons. The fourth-order valence-electron chi connectivity index (χ4n) is 1.57. The number of halogens is 1. The van der Waals surface area contributed by atoms with Crippen molar-refractivity contribution < 1.29 is 19.1 Å². The van der Waals surface area contributed by atoms with E-state index in [1.54, 1.807) is 19.9 Å². The summed E-state index contributed by atoms with van der Waals surface area (Å²) in [6.45, 7) is 5.06. The Labute approximate surface area is 125 Å². The SMILES string of the molecule is CCOC(=O)C(C)(C(=O)OCC)c1ccc(N)c(Br)n1. The largest absolute Gasteiger partial charge is 0.465 e. The molecule has 0 aliphatic heterocycles. The van der Waals surface area contributed by atoms with Crippen molar-refractivity contribution >= 4 is 33.6 Å². The fourth-order valence-corrected chi connectivity index (χ4v) is 1.89. The van der Waals surface area contributed by atoms with E-state index in [1.807, 2.05) is 0 Å². The molecule has 0 amide bonds. The molecule has 1 aromatic heterocycles. The smallest absolute Gasteiger partial charge is 0.329 e. The molecule has 0 aromatic carbocycles. The number of carbonyl (C=O) groups is 2. The van der Waals surface area contributed by atoms with Crippen LogP contribution in [-0.2, 0) is 24.5 Å². The molecule has 0 fully saturated rings. The Balaban J connectivity index is 3.32. The lowest BCUT2D eigenvalue weighted by molar-refractivity contribution is -0.164. The summed E-state index contributed by atoms with van der Waals surface area (Å²) >= 11 is 3.17. The van der Waals surface area contributed by atoms with Gasteiger partial charge in [0.15, 0.2) is 0 Å². The third-order valence-corrected chi connectivity index (χ3v) is 3.39. The third-order valence-electron chi connectivity index (χ3n) is 2.76. The molecule has 1 aromatic rings. The van der Waals surface area contributed by atoms with Crippen molar-refractivity contribution in [1.29, 1.82) is 0 Å². The summed E-state index contributed by atoms with van der Waals surface area (Å²) in [6, 6.07) is 3.07. The first kappa shape index (κ1) is 16.4. The van der Waals surface area contributed by atoms with Crippen molar-refractivity contribution in [1.82, 2.24) is 4.98 Å². The normalized spacial score (nSPS) is 11.0. The lowest BCUT2D eigenvalue weighted by Crippen LogP contribution is -2.44. The number of carbonyl (C=O) groups excluding carboxylic acids is 2. The number of pyridine rings is 1. The minimum Gasteiger partial charge on any atom is -0.465 e. The number of nitrogen functional groups attached to an aromatic ring is 1. The summed E-state index contributed by atoms with van der Waals surface area (Å²) in [5, 5.41) is 0. The maximum atomic E-state index is 12.2. The Morgan fingerprint density at radius 2 is 1.75 bits per heavy atom. The molecular weight excluding hydrogens is 328 g/mol. The summed E-state index contributed by atoms with van der Waals surface area (Å²) in [6.07, 6.45) is 0. The molecule has 0 atom stereocenters. The zero-order valence-corrected chi connectivity index (χ0v) is 13.2. The van der Waals surface area contributed by atoms with Crippen molar-refractivity contribution in [3.05, 3.63) is 22.4 Å². The Morgan fingerprint density at radius 1 is 1.25 bits per heavy atom. The van der Waals surface area contributed by atoms with E-state index >= 15 is 0 Å². The van der Waals surface area contributed by atoms with Crippen molar-refractivity contribution in [2.24, 2.45) is 0 Å². The van der Waals surface area contributed by atoms with Crippen LogP contribution < -0.4 is 5.73 Å². The summed E-state index contributed by atoms with van der Waals surface area (Å²) in [5.41, 5.74) is 4.66. The maximum Gasteiger partial charge on any atom is 0.329 e. The Hall–Kier alpha value is -1.63. The number of nitrogens with zero attached hydrogens (tertiary/aromatic N) is 1. The number of hydrogen-bond acceptors (Lipinski definition) is 6. The number of ether oxygens (including phenoxy) is 2. The van der Waals surface area contributed by atoms with Gasteiger partial charge >= 0.3 is 11.9 Å². The van der Waals surface area contributed by atoms with Gasteiger partial charge in [0.1, 0.15) is 4.60 Å². The number of hydrogen-bond donors (Lipinski definition) is 1. The monoisotopic (exact) mass is 344 g/mol. The van der Waals surface area contributed by atoms with Gasteiger partial charge in [-0.1, -0.05) is 0 Å². The van der Waals surface area contributed by atoms with Gasteiger partial charge in [0, 0.05) is 0 Å². The van der Waals surface area contributed by atoms with Gasteiger partial charge in [0.05, 0.1) is 24.6 Å². The van der Waals surface area contributed by atoms with E-state index in [0.29, 0.717) is 10.3 Å². The molecular formula is C13H17BrN2O4. The van der Waals surface area contributed by atoms with Crippen molar-refractivity contribution in [2.45, 2.75) is 26.2 Å². The second-order valence-corrected chi connectivity index (χ2v) is 4.89. The minimum absolute atomic E-state index is 0.157. The summed E-state index contributed by atoms with van der Waals surface area (Å²) in [5.74, 6) is -1.41. The Morgan fingerprint density at radius 3 is 2.15 bits per heavy atom. The molecule has 0 saturated carbocycles. The zero-order valence-electron chi connectivity index (χ0n) is 11.6. The van der Waals surface area contributed by atoms with Crippen LogP contribution in [0.15, 0.2) is 16.7 Å². The van der Waals surface area contributed by atoms with E-state index in [1.165, 1.54) is 13.0 Å². The molecule has 0 spiro atoms. The highest BCUT2D eigenvalue weighted by molar-refractivity contribution is 9.10. The van der Waals surface area contributed by atoms with Gasteiger partial charge in [0.25, 0.3) is 0 Å². The molecule has 2 N–H and O–H groups in total. The van der Waals surface area contributed by atoms with Crippen LogP contribution in [0.25, 0.3) is 0 Å². The Kier molecular flexibility index (Phi) is 5.50. The molecule has 0 bridgehead atoms. The zero-order chi connectivity index (χ0) is 15.3. The standard InChI is InChI=1S/C13H17BrN2O4/c1-4-19-11(17)13(3,12(18)20-5-2)9-7-6-8(15)10(14)16-9/h6-7H,4-5,15H2,1-3H3. The molecule has 0 aliphatic carbocycles. The third kappa shape index (κ3) is 3.09. The first-order chi connectivity index (χ1) is 9.37. The number of esters is 2. The van der Waals surface area contributed by atoms with Crippen LogP contribution in [0.4, 0.5) is 5.69 Å². The lowest BCUT2D eigenvalue weighted by Gasteiger charge is -2.24. The van der Waals surface area contributed by atoms with E-state index in [9.17, 15) is 9.59 Å². The molecule has 6 nitrogen and oxygen atoms in total. The molecule has 0 saturated heterocycles. The highest BCUT2D eigenvalue weighted by Gasteiger charge is 2.47. The average molecular weight is 345 g/mol. The molecule has 20 heavy (non-hydrogen) atoms. The van der Waals surface area contributed by atoms with Gasteiger partial charge in [-0.15, -0.1) is 0 Å². The molecule has 0 aliphatic rings. The van der Waals surface area contributed by atoms with E-state index in [-0.39, 0.29) is 18.9 Å². The number of rotatable bonds is 5. The van der Waals surface area contributed by atoms with Crippen molar-refractivity contribution in [3.63, 3.8) is 0 Å². The van der Waals surface area contributed by atoms with E-state index < -0.39 is 17.4 Å². The molecule has 1 heterocycles. The number of aromatic nitrogens is 1. The van der Waals surface area contributed by atoms with E-state index in [4.69, 9.17) is 15.2 Å². The highest BCUT2D eigenvalue weighted by Crippen LogP contribution is 2.29. The second kappa shape index (κ2) is 6.69. The van der Waals surface area contributed by atoms with Crippen LogP contribution >= 0.6 is 15.9 Å². The topological polar surface area (TPSA) is 91.5 Å². The second-order valence-electron chi connectivity index (χ2n) is 4.14. The Bertz CT molecular complexity index is 501. The summed E-state index contributed by atoms with van der Waals surface area (Å²) in [7, 11) is 0. The number of anilines is 1. The van der Waals surface area contributed by atoms with Gasteiger partial charge in [-0.2, -0.15) is 0 Å². The average Bonchev–Trinajstić information content (AvgIpc) is 2.41. The predicted molar refractivity (Wildman–Crippen MR) is 77.0 cm³/mol. The van der Waals surface area contributed by atoms with Gasteiger partial charge in [0.2, 0.25) is 5.41 Å². The van der Waals surface area contributed by atoms with Crippen LogP contribution in [0.1, 0.15) is 26.5 Å². The maximum absolute atomic E-state index is 12.2. The summed E-state index contributed by atoms with van der Waals surface area (Å²) < 4.78 is 10.3. The van der Waals surface area contributed by atoms with E-state index in [2.05, 4.69) is 20.9 Å². The van der Waals surface area contributed by atoms with Crippen LogP contribution in [-0.4, -0.2) is 30.1 Å². The van der Waals surface area contributed by atoms with Crippen LogP contribution in [0.5, 0.6) is 0 Å². The van der Waals surface area contributed by atoms with Crippen LogP contribution in [0.3, 0.4) is 0 Å². The highest BCUT2D eigenvalue weighted by atomic mass is 79.9. The molecule has 110 valence electrons. The molecule has 0 unspecified atom stereocenters. The molecule has 7 heteroatoms. The van der Waals surface area contributed by atoms with Crippen LogP contribution in [0.2, 0.25) is 0 Å². The quantitative estimate of drug-likeness (QED) is 0.497. The lowest BCUT2D eigenvalue weighted by atomic mass is 9.86.